The van der Waals surface area contributed by atoms with Crippen LogP contribution in [0.2, 0.25) is 0 Å². The topological polar surface area (TPSA) is 20.2 Å². The van der Waals surface area contributed by atoms with Gasteiger partial charge in [-0.1, -0.05) is 25.5 Å². The first-order valence-electron chi connectivity index (χ1n) is 9.88. The predicted octanol–water partition coefficient (Wildman–Crippen LogP) is 5.28. The van der Waals surface area contributed by atoms with Crippen molar-refractivity contribution in [2.24, 2.45) is 34.5 Å². The van der Waals surface area contributed by atoms with Gasteiger partial charge in [-0.05, 0) is 86.4 Å². The molecule has 4 rings (SSSR count). The molecule has 2 unspecified atom stereocenters. The van der Waals surface area contributed by atoms with E-state index in [1.807, 2.05) is 6.92 Å². The van der Waals surface area contributed by atoms with E-state index >= 15 is 0 Å². The number of fused-ring (bicyclic) bond motifs is 5. The van der Waals surface area contributed by atoms with Crippen molar-refractivity contribution in [3.05, 3.63) is 11.6 Å². The van der Waals surface area contributed by atoms with E-state index in [0.717, 1.165) is 37.0 Å². The van der Waals surface area contributed by atoms with Gasteiger partial charge in [-0.3, -0.25) is 0 Å². The van der Waals surface area contributed by atoms with Crippen molar-refractivity contribution in [1.82, 2.24) is 0 Å². The summed E-state index contributed by atoms with van der Waals surface area (Å²) in [5, 5.41) is 10.3. The summed E-state index contributed by atoms with van der Waals surface area (Å²) in [7, 11) is 0. The molecule has 0 aliphatic heterocycles. The van der Waals surface area contributed by atoms with Gasteiger partial charge < -0.3 is 5.11 Å². The molecule has 0 amide bonds. The SMILES string of the molecule is CC(O)[C@H]1CC[C@H]2[C@@H]3CC=C4CC(F)CC[C@]4(C)[C@H]3CC[C@]12C. The second kappa shape index (κ2) is 5.31. The number of alkyl halides is 1. The Labute approximate surface area is 140 Å². The molecule has 2 heteroatoms. The van der Waals surface area contributed by atoms with E-state index in [4.69, 9.17) is 0 Å². The summed E-state index contributed by atoms with van der Waals surface area (Å²) >= 11 is 0. The highest BCUT2D eigenvalue weighted by Gasteiger charge is 2.59. The quantitative estimate of drug-likeness (QED) is 0.651. The maximum absolute atomic E-state index is 13.9. The molecule has 3 fully saturated rings. The number of hydrogen-bond acceptors (Lipinski definition) is 1. The highest BCUT2D eigenvalue weighted by atomic mass is 19.1. The summed E-state index contributed by atoms with van der Waals surface area (Å²) in [5.74, 6) is 2.76. The number of hydrogen-bond donors (Lipinski definition) is 1. The minimum atomic E-state index is -0.606. The fraction of sp³-hybridized carbons (Fsp3) is 0.905. The predicted molar refractivity (Wildman–Crippen MR) is 91.8 cm³/mol. The molecule has 1 N–H and O–H groups in total. The third-order valence-corrected chi connectivity index (χ3v) is 8.70. The third-order valence-electron chi connectivity index (χ3n) is 8.70. The normalized spacial score (nSPS) is 53.8. The van der Waals surface area contributed by atoms with Crippen LogP contribution in [0.15, 0.2) is 11.6 Å². The van der Waals surface area contributed by atoms with Crippen LogP contribution >= 0.6 is 0 Å². The van der Waals surface area contributed by atoms with Crippen molar-refractivity contribution < 1.29 is 9.50 Å². The lowest BCUT2D eigenvalue weighted by atomic mass is 9.47. The number of rotatable bonds is 1. The van der Waals surface area contributed by atoms with E-state index in [1.54, 1.807) is 0 Å². The molecule has 0 aromatic carbocycles. The maximum Gasteiger partial charge on any atom is 0.104 e. The summed E-state index contributed by atoms with van der Waals surface area (Å²) in [6, 6.07) is 0. The molecule has 23 heavy (non-hydrogen) atoms. The molecule has 0 saturated heterocycles. The Morgan fingerprint density at radius 2 is 1.91 bits per heavy atom. The van der Waals surface area contributed by atoms with E-state index in [2.05, 4.69) is 19.9 Å². The molecular weight excluding hydrogens is 287 g/mol. The van der Waals surface area contributed by atoms with E-state index in [9.17, 15) is 9.50 Å². The van der Waals surface area contributed by atoms with Crippen molar-refractivity contribution in [3.8, 4) is 0 Å². The lowest BCUT2D eigenvalue weighted by Gasteiger charge is -2.58. The van der Waals surface area contributed by atoms with Crippen molar-refractivity contribution >= 4 is 0 Å². The van der Waals surface area contributed by atoms with Gasteiger partial charge in [0.15, 0.2) is 0 Å². The van der Waals surface area contributed by atoms with Crippen LogP contribution in [0, 0.1) is 34.5 Å². The number of aliphatic hydroxyl groups is 1. The van der Waals surface area contributed by atoms with E-state index in [-0.39, 0.29) is 11.5 Å². The van der Waals surface area contributed by atoms with Gasteiger partial charge in [0.2, 0.25) is 0 Å². The second-order valence-electron chi connectivity index (χ2n) is 9.57. The largest absolute Gasteiger partial charge is 0.393 e. The van der Waals surface area contributed by atoms with Crippen LogP contribution in [0.5, 0.6) is 0 Å². The molecule has 3 saturated carbocycles. The van der Waals surface area contributed by atoms with E-state index in [0.29, 0.717) is 17.8 Å². The van der Waals surface area contributed by atoms with Crippen LogP contribution in [0.25, 0.3) is 0 Å². The Kier molecular flexibility index (Phi) is 3.72. The van der Waals surface area contributed by atoms with Crippen molar-refractivity contribution in [2.75, 3.05) is 0 Å². The highest BCUT2D eigenvalue weighted by molar-refractivity contribution is 5.25. The average molecular weight is 320 g/mol. The molecule has 8 atom stereocenters. The van der Waals surface area contributed by atoms with Crippen LogP contribution in [0.3, 0.4) is 0 Å². The van der Waals surface area contributed by atoms with Gasteiger partial charge in [0.05, 0.1) is 6.10 Å². The molecule has 4 aliphatic carbocycles. The van der Waals surface area contributed by atoms with Crippen LogP contribution in [0.4, 0.5) is 4.39 Å². The first kappa shape index (κ1) is 16.1. The lowest BCUT2D eigenvalue weighted by Crippen LogP contribution is -2.51. The summed E-state index contributed by atoms with van der Waals surface area (Å²) in [4.78, 5) is 0. The molecule has 0 aromatic rings. The molecule has 0 heterocycles. The number of aliphatic hydroxyl groups excluding tert-OH is 1. The highest BCUT2D eigenvalue weighted by Crippen LogP contribution is 2.66. The maximum atomic E-state index is 13.9. The zero-order valence-corrected chi connectivity index (χ0v) is 15.0. The first-order chi connectivity index (χ1) is 10.9. The summed E-state index contributed by atoms with van der Waals surface area (Å²) < 4.78 is 13.9. The minimum Gasteiger partial charge on any atom is -0.393 e. The van der Waals surface area contributed by atoms with Crippen LogP contribution < -0.4 is 0 Å². The molecule has 0 aromatic heterocycles. The zero-order chi connectivity index (χ0) is 16.4. The smallest absolute Gasteiger partial charge is 0.104 e. The fourth-order valence-corrected chi connectivity index (χ4v) is 7.45. The molecule has 4 aliphatic rings. The molecule has 0 spiro atoms. The van der Waals surface area contributed by atoms with Gasteiger partial charge >= 0.3 is 0 Å². The number of halogens is 1. The van der Waals surface area contributed by atoms with Crippen LogP contribution in [-0.4, -0.2) is 17.4 Å². The Balaban J connectivity index is 1.65. The molecular formula is C21H33FO. The minimum absolute atomic E-state index is 0.172. The van der Waals surface area contributed by atoms with Crippen molar-refractivity contribution in [1.29, 1.82) is 0 Å². The Morgan fingerprint density at radius 1 is 1.13 bits per heavy atom. The third kappa shape index (κ3) is 2.19. The van der Waals surface area contributed by atoms with Gasteiger partial charge in [0.1, 0.15) is 6.17 Å². The van der Waals surface area contributed by atoms with E-state index in [1.165, 1.54) is 31.3 Å². The molecule has 1 nitrogen and oxygen atoms in total. The van der Waals surface area contributed by atoms with Crippen LogP contribution in [0.1, 0.15) is 72.1 Å². The van der Waals surface area contributed by atoms with E-state index < -0.39 is 6.17 Å². The Bertz CT molecular complexity index is 512. The first-order valence-corrected chi connectivity index (χ1v) is 9.88. The zero-order valence-electron chi connectivity index (χ0n) is 15.0. The van der Waals surface area contributed by atoms with Crippen LogP contribution in [-0.2, 0) is 0 Å². The fourth-order valence-electron chi connectivity index (χ4n) is 7.45. The van der Waals surface area contributed by atoms with Crippen molar-refractivity contribution in [3.63, 3.8) is 0 Å². The standard InChI is InChI=1S/C21H33FO/c1-13(23)17-6-7-18-16-5-4-14-12-15(22)8-10-20(14,2)19(16)9-11-21(17,18)3/h4,13,15-19,23H,5-12H2,1-3H3/t13?,15?,16-,17+,18-,19-,20-,21+/m0/s1. The van der Waals surface area contributed by atoms with Gasteiger partial charge in [-0.25, -0.2) is 4.39 Å². The van der Waals surface area contributed by atoms with Gasteiger partial charge in [-0.15, -0.1) is 0 Å². The second-order valence-corrected chi connectivity index (χ2v) is 9.57. The monoisotopic (exact) mass is 320 g/mol. The average Bonchev–Trinajstić information content (AvgIpc) is 2.85. The molecule has 0 radical (unpaired) electrons. The number of allylic oxidation sites excluding steroid dienone is 2. The summed E-state index contributed by atoms with van der Waals surface area (Å²) in [6.07, 6.45) is 10.3. The summed E-state index contributed by atoms with van der Waals surface area (Å²) in [6.45, 7) is 6.89. The Morgan fingerprint density at radius 3 is 2.65 bits per heavy atom. The Hall–Kier alpha value is -0.370. The molecule has 130 valence electrons. The lowest BCUT2D eigenvalue weighted by molar-refractivity contribution is -0.0648. The molecule has 0 bridgehead atoms. The van der Waals surface area contributed by atoms with Crippen molar-refractivity contribution in [2.45, 2.75) is 84.4 Å². The van der Waals surface area contributed by atoms with Gasteiger partial charge in [0, 0.05) is 6.42 Å². The van der Waals surface area contributed by atoms with Gasteiger partial charge in [-0.2, -0.15) is 0 Å². The van der Waals surface area contributed by atoms with Gasteiger partial charge in [0.25, 0.3) is 0 Å². The summed E-state index contributed by atoms with van der Waals surface area (Å²) in [5.41, 5.74) is 2.02.